The number of amides is 1. The van der Waals surface area contributed by atoms with Crippen molar-refractivity contribution >= 4 is 23.1 Å². The molecule has 0 spiro atoms. The molecule has 1 aromatic carbocycles. The van der Waals surface area contributed by atoms with Crippen LogP contribution in [0, 0.1) is 6.92 Å². The van der Waals surface area contributed by atoms with E-state index in [9.17, 15) is 4.79 Å². The van der Waals surface area contributed by atoms with Crippen molar-refractivity contribution in [3.63, 3.8) is 0 Å². The summed E-state index contributed by atoms with van der Waals surface area (Å²) >= 11 is 0. The predicted octanol–water partition coefficient (Wildman–Crippen LogP) is 3.18. The first-order valence-corrected chi connectivity index (χ1v) is 7.08. The quantitative estimate of drug-likeness (QED) is 0.774. The Bertz CT molecular complexity index is 803. The van der Waals surface area contributed by atoms with Crippen LogP contribution in [-0.2, 0) is 0 Å². The Balaban J connectivity index is 1.66. The highest BCUT2D eigenvalue weighted by atomic mass is 16.1. The minimum absolute atomic E-state index is 0.167. The molecule has 23 heavy (non-hydrogen) atoms. The van der Waals surface area contributed by atoms with E-state index in [0.29, 0.717) is 5.56 Å². The first-order valence-electron chi connectivity index (χ1n) is 7.08. The molecule has 114 valence electrons. The third kappa shape index (κ3) is 3.88. The fourth-order valence-corrected chi connectivity index (χ4v) is 2.01. The average Bonchev–Trinajstić information content (AvgIpc) is 2.57. The van der Waals surface area contributed by atoms with Gasteiger partial charge >= 0.3 is 0 Å². The first-order chi connectivity index (χ1) is 11.2. The average molecular weight is 305 g/mol. The van der Waals surface area contributed by atoms with E-state index in [4.69, 9.17) is 0 Å². The second-order valence-electron chi connectivity index (χ2n) is 4.94. The fourth-order valence-electron chi connectivity index (χ4n) is 2.01. The summed E-state index contributed by atoms with van der Waals surface area (Å²) in [5, 5.41) is 6.02. The second kappa shape index (κ2) is 6.65. The zero-order valence-corrected chi connectivity index (χ0v) is 12.5. The highest BCUT2D eigenvalue weighted by Gasteiger charge is 2.05. The monoisotopic (exact) mass is 305 g/mol. The number of carbonyl (C=O) groups excluding carboxylic acids is 1. The van der Waals surface area contributed by atoms with Gasteiger partial charge in [0.1, 0.15) is 12.1 Å². The zero-order chi connectivity index (χ0) is 16.1. The van der Waals surface area contributed by atoms with Crippen LogP contribution in [-0.4, -0.2) is 20.9 Å². The predicted molar refractivity (Wildman–Crippen MR) is 88.7 cm³/mol. The summed E-state index contributed by atoms with van der Waals surface area (Å²) in [7, 11) is 0. The molecule has 0 aliphatic heterocycles. The maximum Gasteiger partial charge on any atom is 0.255 e. The number of hydrogen-bond donors (Lipinski definition) is 2. The maximum absolute atomic E-state index is 12.1. The van der Waals surface area contributed by atoms with Gasteiger partial charge in [-0.2, -0.15) is 0 Å². The van der Waals surface area contributed by atoms with Crippen molar-refractivity contribution in [1.29, 1.82) is 0 Å². The number of aryl methyl sites for hydroxylation is 1. The summed E-state index contributed by atoms with van der Waals surface area (Å²) in [5.41, 5.74) is 3.06. The lowest BCUT2D eigenvalue weighted by atomic mass is 10.2. The molecular formula is C17H15N5O. The van der Waals surface area contributed by atoms with Gasteiger partial charge < -0.3 is 10.6 Å². The summed E-state index contributed by atoms with van der Waals surface area (Å²) < 4.78 is 0. The Kier molecular flexibility index (Phi) is 4.24. The van der Waals surface area contributed by atoms with E-state index in [0.717, 1.165) is 22.9 Å². The van der Waals surface area contributed by atoms with E-state index in [1.807, 2.05) is 37.3 Å². The summed E-state index contributed by atoms with van der Waals surface area (Å²) in [5.74, 6) is 0.561. The van der Waals surface area contributed by atoms with E-state index in [1.54, 1.807) is 24.5 Å². The molecular weight excluding hydrogens is 290 g/mol. The second-order valence-corrected chi connectivity index (χ2v) is 4.94. The van der Waals surface area contributed by atoms with Gasteiger partial charge in [0.25, 0.3) is 5.91 Å². The third-order valence-corrected chi connectivity index (χ3v) is 3.16. The molecule has 1 amide bonds. The van der Waals surface area contributed by atoms with Crippen LogP contribution in [0.2, 0.25) is 0 Å². The smallest absolute Gasteiger partial charge is 0.255 e. The maximum atomic E-state index is 12.1. The lowest BCUT2D eigenvalue weighted by Gasteiger charge is -2.08. The van der Waals surface area contributed by atoms with Crippen LogP contribution in [0.1, 0.15) is 16.1 Å². The number of anilines is 3. The molecule has 0 bridgehead atoms. The number of nitrogens with zero attached hydrogens (tertiary/aromatic N) is 3. The van der Waals surface area contributed by atoms with Gasteiger partial charge in [-0.25, -0.2) is 9.97 Å². The van der Waals surface area contributed by atoms with Crippen LogP contribution >= 0.6 is 0 Å². The van der Waals surface area contributed by atoms with E-state index in [-0.39, 0.29) is 5.91 Å². The largest absolute Gasteiger partial charge is 0.340 e. The normalized spacial score (nSPS) is 10.1. The minimum Gasteiger partial charge on any atom is -0.340 e. The summed E-state index contributed by atoms with van der Waals surface area (Å²) in [6, 6.07) is 12.6. The molecule has 0 saturated carbocycles. The lowest BCUT2D eigenvalue weighted by Crippen LogP contribution is -2.11. The van der Waals surface area contributed by atoms with Gasteiger partial charge in [-0.1, -0.05) is 0 Å². The van der Waals surface area contributed by atoms with Crippen molar-refractivity contribution < 1.29 is 4.79 Å². The first kappa shape index (κ1) is 14.6. The van der Waals surface area contributed by atoms with Crippen molar-refractivity contribution in [1.82, 2.24) is 15.0 Å². The molecule has 3 rings (SSSR count). The molecule has 0 fully saturated rings. The van der Waals surface area contributed by atoms with Crippen LogP contribution in [0.4, 0.5) is 17.2 Å². The van der Waals surface area contributed by atoms with Gasteiger partial charge in [0, 0.05) is 41.1 Å². The van der Waals surface area contributed by atoms with Gasteiger partial charge in [0.15, 0.2) is 0 Å². The van der Waals surface area contributed by atoms with Crippen molar-refractivity contribution in [2.24, 2.45) is 0 Å². The molecule has 2 heterocycles. The number of pyridine rings is 1. The van der Waals surface area contributed by atoms with E-state index in [2.05, 4.69) is 25.6 Å². The summed E-state index contributed by atoms with van der Waals surface area (Å²) in [6.45, 7) is 1.91. The molecule has 2 N–H and O–H groups in total. The fraction of sp³-hybridized carbons (Fsp3) is 0.0588. The molecule has 0 atom stereocenters. The minimum atomic E-state index is -0.167. The SMILES string of the molecule is Cc1cc(Nc2ccc(NC(=O)c3ccncc3)cc2)ncn1. The van der Waals surface area contributed by atoms with Gasteiger partial charge in [-0.05, 0) is 43.3 Å². The molecule has 2 aromatic heterocycles. The number of aromatic nitrogens is 3. The number of benzene rings is 1. The van der Waals surface area contributed by atoms with Gasteiger partial charge in [0.2, 0.25) is 0 Å². The van der Waals surface area contributed by atoms with Gasteiger partial charge in [-0.3, -0.25) is 9.78 Å². The van der Waals surface area contributed by atoms with Gasteiger partial charge in [-0.15, -0.1) is 0 Å². The Hall–Kier alpha value is -3.28. The van der Waals surface area contributed by atoms with Crippen molar-refractivity contribution in [3.8, 4) is 0 Å². The summed E-state index contributed by atoms with van der Waals surface area (Å²) in [4.78, 5) is 24.2. The highest BCUT2D eigenvalue weighted by molar-refractivity contribution is 6.04. The zero-order valence-electron chi connectivity index (χ0n) is 12.5. The Morgan fingerprint density at radius 3 is 2.35 bits per heavy atom. The Morgan fingerprint density at radius 1 is 0.957 bits per heavy atom. The number of nitrogens with one attached hydrogen (secondary N) is 2. The molecule has 0 radical (unpaired) electrons. The van der Waals surface area contributed by atoms with Crippen LogP contribution in [0.5, 0.6) is 0 Å². The topological polar surface area (TPSA) is 79.8 Å². The number of carbonyl (C=O) groups is 1. The molecule has 0 aliphatic carbocycles. The number of rotatable bonds is 4. The molecule has 6 heteroatoms. The van der Waals surface area contributed by atoms with Crippen LogP contribution in [0.15, 0.2) is 61.2 Å². The number of hydrogen-bond acceptors (Lipinski definition) is 5. The Labute approximate surface area is 133 Å². The van der Waals surface area contributed by atoms with Crippen molar-refractivity contribution in [2.75, 3.05) is 10.6 Å². The molecule has 0 saturated heterocycles. The highest BCUT2D eigenvalue weighted by Crippen LogP contribution is 2.18. The lowest BCUT2D eigenvalue weighted by molar-refractivity contribution is 0.102. The molecule has 0 aliphatic rings. The third-order valence-electron chi connectivity index (χ3n) is 3.16. The van der Waals surface area contributed by atoms with Crippen LogP contribution in [0.3, 0.4) is 0 Å². The van der Waals surface area contributed by atoms with Gasteiger partial charge in [0.05, 0.1) is 0 Å². The van der Waals surface area contributed by atoms with Crippen molar-refractivity contribution in [2.45, 2.75) is 6.92 Å². The van der Waals surface area contributed by atoms with Crippen LogP contribution < -0.4 is 10.6 Å². The summed E-state index contributed by atoms with van der Waals surface area (Å²) in [6.07, 6.45) is 4.69. The Morgan fingerprint density at radius 2 is 1.65 bits per heavy atom. The molecule has 0 unspecified atom stereocenters. The van der Waals surface area contributed by atoms with E-state index in [1.165, 1.54) is 6.33 Å². The molecule has 6 nitrogen and oxygen atoms in total. The van der Waals surface area contributed by atoms with E-state index < -0.39 is 0 Å². The van der Waals surface area contributed by atoms with Crippen molar-refractivity contribution in [3.05, 3.63) is 72.4 Å². The van der Waals surface area contributed by atoms with Crippen LogP contribution in [0.25, 0.3) is 0 Å². The molecule has 3 aromatic rings. The van der Waals surface area contributed by atoms with E-state index >= 15 is 0 Å². The standard InChI is InChI=1S/C17H15N5O/c1-12-10-16(20-11-19-12)21-14-2-4-15(5-3-14)22-17(23)13-6-8-18-9-7-13/h2-11H,1H3,(H,22,23)(H,19,20,21).